The number of nitrogens with zero attached hydrogens (tertiary/aromatic N) is 3. The second-order valence-electron chi connectivity index (χ2n) is 2.29. The van der Waals surface area contributed by atoms with Crippen LogP contribution in [0.15, 0.2) is 5.11 Å². The number of hydrogen-bond acceptors (Lipinski definition) is 3. The van der Waals surface area contributed by atoms with E-state index < -0.39 is 0 Å². The van der Waals surface area contributed by atoms with Crippen LogP contribution >= 0.6 is 0 Å². The third-order valence-electron chi connectivity index (χ3n) is 1.33. The van der Waals surface area contributed by atoms with Gasteiger partial charge in [0, 0.05) is 11.5 Å². The zero-order valence-corrected chi connectivity index (χ0v) is 5.26. The van der Waals surface area contributed by atoms with Crippen LogP contribution in [0.3, 0.4) is 0 Å². The summed E-state index contributed by atoms with van der Waals surface area (Å²) in [4.78, 5) is 2.64. The lowest BCUT2D eigenvalue weighted by Gasteiger charge is -1.97. The van der Waals surface area contributed by atoms with Crippen LogP contribution in [0.2, 0.25) is 0 Å². The Kier molecular flexibility index (Phi) is 1.57. The highest BCUT2D eigenvalue weighted by molar-refractivity contribution is 4.89. The van der Waals surface area contributed by atoms with Crippen molar-refractivity contribution in [3.63, 3.8) is 0 Å². The van der Waals surface area contributed by atoms with Gasteiger partial charge in [0.2, 0.25) is 0 Å². The Balaban J connectivity index is 2.12. The lowest BCUT2D eigenvalue weighted by molar-refractivity contribution is 0.613. The smallest absolute Gasteiger partial charge is 0.0916 e. The molecule has 9 heavy (non-hydrogen) atoms. The molecule has 1 rings (SSSR count). The van der Waals surface area contributed by atoms with Gasteiger partial charge < -0.3 is 0 Å². The van der Waals surface area contributed by atoms with Crippen LogP contribution < -0.4 is 10.9 Å². The molecule has 0 unspecified atom stereocenters. The van der Waals surface area contributed by atoms with Gasteiger partial charge in [-0.2, -0.15) is 0 Å². The lowest BCUT2D eigenvalue weighted by Crippen LogP contribution is -2.12. The van der Waals surface area contributed by atoms with E-state index in [0.717, 1.165) is 6.42 Å². The molecule has 2 N–H and O–H groups in total. The van der Waals surface area contributed by atoms with E-state index in [1.54, 1.807) is 0 Å². The van der Waals surface area contributed by atoms with E-state index in [0.29, 0.717) is 6.54 Å². The monoisotopic (exact) mass is 127 g/mol. The maximum atomic E-state index is 7.90. The molecule has 0 saturated carbocycles. The summed E-state index contributed by atoms with van der Waals surface area (Å²) in [6.45, 7) is 2.56. The molecular weight excluding hydrogens is 118 g/mol. The van der Waals surface area contributed by atoms with E-state index >= 15 is 0 Å². The summed E-state index contributed by atoms with van der Waals surface area (Å²) in [6, 6.07) is 0. The molecule has 5 nitrogen and oxygen atoms in total. The highest BCUT2D eigenvalue weighted by atomic mass is 15.7. The maximum Gasteiger partial charge on any atom is 0.0916 e. The third-order valence-corrected chi connectivity index (χ3v) is 1.33. The summed E-state index contributed by atoms with van der Waals surface area (Å²) in [7, 11) is 0. The Morgan fingerprint density at radius 2 is 2.33 bits per heavy atom. The molecule has 1 heterocycles. The molecule has 1 aliphatic rings. The van der Waals surface area contributed by atoms with E-state index in [1.165, 1.54) is 0 Å². The van der Waals surface area contributed by atoms with Crippen LogP contribution in [0.25, 0.3) is 10.4 Å². The van der Waals surface area contributed by atoms with Crippen molar-refractivity contribution >= 4 is 0 Å². The Morgan fingerprint density at radius 3 is 2.78 bits per heavy atom. The van der Waals surface area contributed by atoms with Gasteiger partial charge in [-0.3, -0.25) is 0 Å². The van der Waals surface area contributed by atoms with Gasteiger partial charge in [-0.1, -0.05) is 5.11 Å². The Bertz CT molecular complexity index is 143. The molecule has 5 heteroatoms. The van der Waals surface area contributed by atoms with Crippen LogP contribution in [0, 0.1) is 0 Å². The lowest BCUT2D eigenvalue weighted by atomic mass is 10.2. The van der Waals surface area contributed by atoms with Crippen LogP contribution in [0.5, 0.6) is 0 Å². The summed E-state index contributed by atoms with van der Waals surface area (Å²) in [5, 5.41) is 3.40. The second kappa shape index (κ2) is 2.23. The number of azide groups is 1. The molecule has 0 amide bonds. The van der Waals surface area contributed by atoms with E-state index in [-0.39, 0.29) is 5.66 Å². The summed E-state index contributed by atoms with van der Waals surface area (Å²) >= 11 is 0. The van der Waals surface area contributed by atoms with Gasteiger partial charge in [-0.25, -0.2) is 10.9 Å². The fraction of sp³-hybridized carbons (Fsp3) is 1.00. The minimum Gasteiger partial charge on any atom is -0.235 e. The van der Waals surface area contributed by atoms with Crippen LogP contribution in [0.4, 0.5) is 0 Å². The molecule has 0 atom stereocenters. The number of nitrogens with one attached hydrogen (secondary N) is 2. The van der Waals surface area contributed by atoms with Gasteiger partial charge in [-0.15, -0.1) is 0 Å². The van der Waals surface area contributed by atoms with Crippen molar-refractivity contribution in [1.82, 2.24) is 10.9 Å². The predicted molar refractivity (Wildman–Crippen MR) is 33.3 cm³/mol. The molecule has 0 aliphatic carbocycles. The topological polar surface area (TPSA) is 92.6 Å². The van der Waals surface area contributed by atoms with Gasteiger partial charge in [0.25, 0.3) is 0 Å². The molecule has 0 bridgehead atoms. The zero-order valence-electron chi connectivity index (χ0n) is 5.26. The summed E-state index contributed by atoms with van der Waals surface area (Å²) < 4.78 is 0. The molecule has 0 spiro atoms. The fourth-order valence-electron chi connectivity index (χ4n) is 0.550. The Morgan fingerprint density at radius 1 is 1.67 bits per heavy atom. The normalized spacial score (nSPS) is 20.6. The van der Waals surface area contributed by atoms with Crippen molar-refractivity contribution < 1.29 is 0 Å². The fourth-order valence-corrected chi connectivity index (χ4v) is 0.550. The number of hydrazine groups is 1. The van der Waals surface area contributed by atoms with Gasteiger partial charge >= 0.3 is 0 Å². The average molecular weight is 127 g/mol. The van der Waals surface area contributed by atoms with E-state index in [9.17, 15) is 0 Å². The molecule has 1 fully saturated rings. The van der Waals surface area contributed by atoms with Crippen LogP contribution in [0.1, 0.15) is 13.3 Å². The number of hydrogen-bond donors (Lipinski definition) is 2. The summed E-state index contributed by atoms with van der Waals surface area (Å²) in [5.74, 6) is 0. The van der Waals surface area contributed by atoms with E-state index in [2.05, 4.69) is 20.9 Å². The quantitative estimate of drug-likeness (QED) is 0.250. The first-order valence-corrected chi connectivity index (χ1v) is 2.82. The highest BCUT2D eigenvalue weighted by Crippen LogP contribution is 2.12. The number of rotatable bonds is 3. The van der Waals surface area contributed by atoms with Crippen molar-refractivity contribution in [2.24, 2.45) is 5.11 Å². The summed E-state index contributed by atoms with van der Waals surface area (Å²) in [6.07, 6.45) is 0.844. The van der Waals surface area contributed by atoms with Gasteiger partial charge in [0.15, 0.2) is 0 Å². The third kappa shape index (κ3) is 1.89. The van der Waals surface area contributed by atoms with Gasteiger partial charge in [-0.05, 0) is 18.9 Å². The second-order valence-corrected chi connectivity index (χ2v) is 2.29. The van der Waals surface area contributed by atoms with Crippen molar-refractivity contribution in [2.75, 3.05) is 6.54 Å². The van der Waals surface area contributed by atoms with E-state index in [1.807, 2.05) is 6.92 Å². The average Bonchev–Trinajstić information content (AvgIpc) is 2.50. The molecule has 0 aromatic rings. The molecule has 1 saturated heterocycles. The first-order chi connectivity index (χ1) is 4.27. The largest absolute Gasteiger partial charge is 0.235 e. The van der Waals surface area contributed by atoms with Crippen molar-refractivity contribution in [3.05, 3.63) is 10.4 Å². The minimum atomic E-state index is 0.0359. The van der Waals surface area contributed by atoms with Crippen LogP contribution in [-0.2, 0) is 0 Å². The maximum absolute atomic E-state index is 7.90. The van der Waals surface area contributed by atoms with Crippen molar-refractivity contribution in [2.45, 2.75) is 19.0 Å². The SMILES string of the molecule is CC1(CCN=[N+]=[N-])NN1. The highest BCUT2D eigenvalue weighted by Gasteiger charge is 2.34. The van der Waals surface area contributed by atoms with Crippen molar-refractivity contribution in [1.29, 1.82) is 0 Å². The molecule has 0 radical (unpaired) electrons. The molecule has 0 aromatic carbocycles. The minimum absolute atomic E-state index is 0.0359. The first-order valence-electron chi connectivity index (χ1n) is 2.82. The Hall–Kier alpha value is -0.770. The molecular formula is C4H9N5. The molecule has 0 aromatic heterocycles. The first kappa shape index (κ1) is 6.35. The molecule has 1 aliphatic heterocycles. The Labute approximate surface area is 53.0 Å². The van der Waals surface area contributed by atoms with Gasteiger partial charge in [0.05, 0.1) is 5.66 Å². The molecule has 50 valence electrons. The van der Waals surface area contributed by atoms with Gasteiger partial charge in [0.1, 0.15) is 0 Å². The van der Waals surface area contributed by atoms with Crippen molar-refractivity contribution in [3.8, 4) is 0 Å². The summed E-state index contributed by atoms with van der Waals surface area (Å²) in [5.41, 5.74) is 13.8. The van der Waals surface area contributed by atoms with E-state index in [4.69, 9.17) is 5.53 Å². The van der Waals surface area contributed by atoms with Crippen LogP contribution in [-0.4, -0.2) is 12.2 Å². The zero-order chi connectivity index (χ0) is 6.74. The predicted octanol–water partition coefficient (Wildman–Crippen LogP) is 0.511. The standard InChI is InChI=1S/C4H9N5/c1-4(7-8-4)2-3-6-9-5/h7-8H,2-3H2,1H3.